The summed E-state index contributed by atoms with van der Waals surface area (Å²) < 4.78 is 5.76. The number of benzene rings is 1. The number of nitrogens with one attached hydrogen (secondary N) is 1. The molecule has 4 heteroatoms. The fourth-order valence-electron chi connectivity index (χ4n) is 3.57. The summed E-state index contributed by atoms with van der Waals surface area (Å²) in [6.07, 6.45) is 1.85. The predicted octanol–water partition coefficient (Wildman–Crippen LogP) is 3.25. The van der Waals surface area contributed by atoms with Crippen molar-refractivity contribution in [2.75, 3.05) is 26.2 Å². The van der Waals surface area contributed by atoms with Gasteiger partial charge < -0.3 is 15.0 Å². The summed E-state index contributed by atoms with van der Waals surface area (Å²) in [7, 11) is 0. The summed E-state index contributed by atoms with van der Waals surface area (Å²) in [4.78, 5) is 14.7. The highest BCUT2D eigenvalue weighted by atomic mass is 16.5. The van der Waals surface area contributed by atoms with E-state index < -0.39 is 6.10 Å². The first-order chi connectivity index (χ1) is 11.5. The first kappa shape index (κ1) is 18.8. The van der Waals surface area contributed by atoms with Crippen LogP contribution in [-0.4, -0.2) is 43.1 Å². The number of carbonyl (C=O) groups is 1. The molecule has 1 fully saturated rings. The fraction of sp³-hybridized carbons (Fsp3) is 0.650. The van der Waals surface area contributed by atoms with E-state index in [0.29, 0.717) is 6.54 Å². The van der Waals surface area contributed by atoms with Gasteiger partial charge in [0.2, 0.25) is 0 Å². The average molecular weight is 332 g/mol. The first-order valence-electron chi connectivity index (χ1n) is 9.18. The third kappa shape index (κ3) is 5.82. The topological polar surface area (TPSA) is 41.6 Å². The molecule has 0 aliphatic carbocycles. The molecule has 1 heterocycles. The number of hydrogen-bond donors (Lipinski definition) is 1. The SMILES string of the molecule is Cc1ccccc1O[C@H](C)C(=O)NCCCN1C[C@H](C)C[C@@H](C)C1. The molecule has 4 nitrogen and oxygen atoms in total. The highest BCUT2D eigenvalue weighted by Crippen LogP contribution is 2.21. The van der Waals surface area contributed by atoms with Gasteiger partial charge in [-0.15, -0.1) is 0 Å². The molecule has 134 valence electrons. The summed E-state index contributed by atoms with van der Waals surface area (Å²) in [5, 5.41) is 2.99. The number of carbonyl (C=O) groups excluding carboxylic acids is 1. The van der Waals surface area contributed by atoms with Crippen LogP contribution < -0.4 is 10.1 Å². The number of amides is 1. The second-order valence-corrected chi connectivity index (χ2v) is 7.38. The molecule has 0 saturated carbocycles. The van der Waals surface area contributed by atoms with Gasteiger partial charge >= 0.3 is 0 Å². The zero-order valence-corrected chi connectivity index (χ0v) is 15.5. The zero-order chi connectivity index (χ0) is 17.5. The molecular weight excluding hydrogens is 300 g/mol. The van der Waals surface area contributed by atoms with Crippen LogP contribution >= 0.6 is 0 Å². The standard InChI is InChI=1S/C20H32N2O2/c1-15-12-16(2)14-22(13-15)11-7-10-21-20(23)18(4)24-19-9-6-5-8-17(19)3/h5-6,8-9,15-16,18H,7,10-14H2,1-4H3,(H,21,23)/t15-,16-,18-/m1/s1. The van der Waals surface area contributed by atoms with E-state index in [1.54, 1.807) is 6.92 Å². The largest absolute Gasteiger partial charge is 0.481 e. The van der Waals surface area contributed by atoms with Crippen molar-refractivity contribution in [3.05, 3.63) is 29.8 Å². The number of likely N-dealkylation sites (tertiary alicyclic amines) is 1. The first-order valence-corrected chi connectivity index (χ1v) is 9.18. The van der Waals surface area contributed by atoms with Gasteiger partial charge in [0.1, 0.15) is 5.75 Å². The number of piperidine rings is 1. The van der Waals surface area contributed by atoms with E-state index in [2.05, 4.69) is 24.1 Å². The van der Waals surface area contributed by atoms with Gasteiger partial charge in [-0.2, -0.15) is 0 Å². The molecule has 0 aromatic heterocycles. The van der Waals surface area contributed by atoms with Crippen molar-refractivity contribution in [2.24, 2.45) is 11.8 Å². The van der Waals surface area contributed by atoms with Gasteiger partial charge in [0, 0.05) is 19.6 Å². The molecule has 1 aromatic carbocycles. The van der Waals surface area contributed by atoms with E-state index in [0.717, 1.165) is 36.1 Å². The second-order valence-electron chi connectivity index (χ2n) is 7.38. The van der Waals surface area contributed by atoms with Crippen molar-refractivity contribution in [2.45, 2.75) is 46.6 Å². The minimum atomic E-state index is -0.471. The molecule has 1 amide bonds. The number of rotatable bonds is 7. The highest BCUT2D eigenvalue weighted by Gasteiger charge is 2.21. The molecule has 0 unspecified atom stereocenters. The Labute approximate surface area is 146 Å². The Morgan fingerprint density at radius 1 is 1.29 bits per heavy atom. The summed E-state index contributed by atoms with van der Waals surface area (Å²) >= 11 is 0. The van der Waals surface area contributed by atoms with Gasteiger partial charge in [-0.1, -0.05) is 32.0 Å². The van der Waals surface area contributed by atoms with E-state index >= 15 is 0 Å². The summed E-state index contributed by atoms with van der Waals surface area (Å²) in [5.41, 5.74) is 1.05. The van der Waals surface area contributed by atoms with E-state index in [9.17, 15) is 4.79 Å². The van der Waals surface area contributed by atoms with Crippen LogP contribution in [0.4, 0.5) is 0 Å². The Balaban J connectivity index is 1.66. The summed E-state index contributed by atoms with van der Waals surface area (Å²) in [6.45, 7) is 12.6. The lowest BCUT2D eigenvalue weighted by Crippen LogP contribution is -2.41. The molecule has 1 N–H and O–H groups in total. The van der Waals surface area contributed by atoms with Crippen LogP contribution in [0.15, 0.2) is 24.3 Å². The lowest BCUT2D eigenvalue weighted by Gasteiger charge is -2.34. The molecule has 3 atom stereocenters. The van der Waals surface area contributed by atoms with Crippen molar-refractivity contribution < 1.29 is 9.53 Å². The molecule has 0 spiro atoms. The minimum Gasteiger partial charge on any atom is -0.481 e. The van der Waals surface area contributed by atoms with Crippen LogP contribution in [0.5, 0.6) is 5.75 Å². The van der Waals surface area contributed by atoms with Crippen LogP contribution in [0.1, 0.15) is 39.2 Å². The molecule has 1 aromatic rings. The number of ether oxygens (including phenoxy) is 1. The highest BCUT2D eigenvalue weighted by molar-refractivity contribution is 5.80. The van der Waals surface area contributed by atoms with Crippen molar-refractivity contribution in [3.63, 3.8) is 0 Å². The smallest absolute Gasteiger partial charge is 0.260 e. The van der Waals surface area contributed by atoms with Gasteiger partial charge in [-0.3, -0.25) is 4.79 Å². The number of aryl methyl sites for hydroxylation is 1. The molecule has 1 aliphatic rings. The molecular formula is C20H32N2O2. The van der Waals surface area contributed by atoms with E-state index in [1.807, 2.05) is 31.2 Å². The summed E-state index contributed by atoms with van der Waals surface area (Å²) in [6, 6.07) is 7.78. The van der Waals surface area contributed by atoms with Crippen LogP contribution in [0.25, 0.3) is 0 Å². The van der Waals surface area contributed by atoms with Crippen molar-refractivity contribution in [3.8, 4) is 5.75 Å². The molecule has 1 saturated heterocycles. The lowest BCUT2D eigenvalue weighted by atomic mass is 9.92. The molecule has 0 bridgehead atoms. The monoisotopic (exact) mass is 332 g/mol. The molecule has 2 rings (SSSR count). The van der Waals surface area contributed by atoms with Crippen molar-refractivity contribution in [1.82, 2.24) is 10.2 Å². The van der Waals surface area contributed by atoms with Gasteiger partial charge in [0.25, 0.3) is 5.91 Å². The van der Waals surface area contributed by atoms with Crippen molar-refractivity contribution in [1.29, 1.82) is 0 Å². The van der Waals surface area contributed by atoms with Crippen LogP contribution in [0, 0.1) is 18.8 Å². The number of nitrogens with zero attached hydrogens (tertiary/aromatic N) is 1. The molecule has 1 aliphatic heterocycles. The third-order valence-corrected chi connectivity index (χ3v) is 4.66. The van der Waals surface area contributed by atoms with Crippen molar-refractivity contribution >= 4 is 5.91 Å². The Hall–Kier alpha value is -1.55. The van der Waals surface area contributed by atoms with Crippen LogP contribution in [0.2, 0.25) is 0 Å². The average Bonchev–Trinajstić information content (AvgIpc) is 2.52. The predicted molar refractivity (Wildman–Crippen MR) is 98.3 cm³/mol. The van der Waals surface area contributed by atoms with E-state index in [1.165, 1.54) is 19.5 Å². The Bertz CT molecular complexity index is 522. The minimum absolute atomic E-state index is 0.0429. The third-order valence-electron chi connectivity index (χ3n) is 4.66. The maximum atomic E-state index is 12.2. The van der Waals surface area contributed by atoms with E-state index in [-0.39, 0.29) is 5.91 Å². The lowest BCUT2D eigenvalue weighted by molar-refractivity contribution is -0.127. The Morgan fingerprint density at radius 3 is 2.62 bits per heavy atom. The maximum Gasteiger partial charge on any atom is 0.260 e. The normalized spacial score (nSPS) is 22.8. The quantitative estimate of drug-likeness (QED) is 0.779. The second kappa shape index (κ2) is 9.07. The molecule has 24 heavy (non-hydrogen) atoms. The van der Waals surface area contributed by atoms with Crippen LogP contribution in [-0.2, 0) is 4.79 Å². The van der Waals surface area contributed by atoms with Gasteiger partial charge in [0.15, 0.2) is 6.10 Å². The Morgan fingerprint density at radius 2 is 1.96 bits per heavy atom. The number of hydrogen-bond acceptors (Lipinski definition) is 3. The van der Waals surface area contributed by atoms with Gasteiger partial charge in [-0.05, 0) is 56.7 Å². The number of para-hydroxylation sites is 1. The molecule has 0 radical (unpaired) electrons. The van der Waals surface area contributed by atoms with Gasteiger partial charge in [-0.25, -0.2) is 0 Å². The fourth-order valence-corrected chi connectivity index (χ4v) is 3.57. The van der Waals surface area contributed by atoms with Gasteiger partial charge in [0.05, 0.1) is 0 Å². The van der Waals surface area contributed by atoms with E-state index in [4.69, 9.17) is 4.74 Å². The van der Waals surface area contributed by atoms with Crippen LogP contribution in [0.3, 0.4) is 0 Å². The Kier molecular flexibility index (Phi) is 7.10. The zero-order valence-electron chi connectivity index (χ0n) is 15.5. The maximum absolute atomic E-state index is 12.2. The summed E-state index contributed by atoms with van der Waals surface area (Å²) in [5.74, 6) is 2.30.